The average molecular weight is 570 g/mol. The topological polar surface area (TPSA) is 129 Å². The molecule has 5 rings (SSSR count). The number of aliphatic hydroxyl groups is 2. The van der Waals surface area contributed by atoms with E-state index < -0.39 is 29.5 Å². The van der Waals surface area contributed by atoms with Crippen molar-refractivity contribution in [3.05, 3.63) is 68.7 Å². The lowest BCUT2D eigenvalue weighted by Crippen LogP contribution is -2.51. The molecule has 2 N–H and O–H groups in total. The third-order valence-corrected chi connectivity index (χ3v) is 8.97. The second-order valence-electron chi connectivity index (χ2n) is 10.9. The smallest absolute Gasteiger partial charge is 0.332 e. The Labute approximate surface area is 235 Å². The molecule has 1 aliphatic carbocycles. The zero-order valence-corrected chi connectivity index (χ0v) is 23.9. The molecule has 1 fully saturated rings. The van der Waals surface area contributed by atoms with Crippen molar-refractivity contribution in [2.75, 3.05) is 13.7 Å². The number of hydrogen-bond donors (Lipinski definition) is 2. The zero-order chi connectivity index (χ0) is 28.6. The quantitative estimate of drug-likeness (QED) is 0.310. The van der Waals surface area contributed by atoms with Gasteiger partial charge in [-0.15, -0.1) is 11.3 Å². The van der Waals surface area contributed by atoms with Gasteiger partial charge in [0.15, 0.2) is 0 Å². The number of oxazole rings is 1. The molecule has 11 heteroatoms. The minimum Gasteiger partial charge on any atom is -0.496 e. The number of thiophene rings is 1. The number of hydrogen-bond acceptors (Lipinski definition) is 9. The molecule has 1 atom stereocenters. The first-order valence-electron chi connectivity index (χ1n) is 13.4. The largest absolute Gasteiger partial charge is 0.496 e. The molecular formula is C29H35N3O7S. The summed E-state index contributed by atoms with van der Waals surface area (Å²) < 4.78 is 20.6. The van der Waals surface area contributed by atoms with Crippen molar-refractivity contribution in [2.45, 2.75) is 76.9 Å². The van der Waals surface area contributed by atoms with Crippen molar-refractivity contribution in [3.8, 4) is 16.5 Å². The molecule has 4 aromatic rings. The third-order valence-electron chi connectivity index (χ3n) is 7.67. The van der Waals surface area contributed by atoms with E-state index in [1.807, 2.05) is 31.2 Å². The number of ether oxygens (including phenoxy) is 2. The van der Waals surface area contributed by atoms with Gasteiger partial charge in [-0.2, -0.15) is 0 Å². The Hall–Kier alpha value is -3.25. The SMILES string of the molecule is COc1ccccc1[C@H](Cn1c(=O)n(C(C)(C)CO)c(=O)c2c(C)c(-c3ncco3)sc21)O[C@H]1CC[C@@H](O)CC1. The summed E-state index contributed by atoms with van der Waals surface area (Å²) >= 11 is 1.27. The molecule has 0 radical (unpaired) electrons. The van der Waals surface area contributed by atoms with Gasteiger partial charge in [0.1, 0.15) is 22.9 Å². The number of nitrogens with zero attached hydrogens (tertiary/aromatic N) is 3. The van der Waals surface area contributed by atoms with E-state index in [0.717, 1.165) is 10.1 Å². The van der Waals surface area contributed by atoms with Gasteiger partial charge in [0.05, 0.1) is 54.5 Å². The Bertz CT molecular complexity index is 1590. The maximum atomic E-state index is 14.1. The van der Waals surface area contributed by atoms with Crippen molar-refractivity contribution in [1.82, 2.24) is 14.1 Å². The highest BCUT2D eigenvalue weighted by Crippen LogP contribution is 2.38. The van der Waals surface area contributed by atoms with Gasteiger partial charge in [0.25, 0.3) is 5.56 Å². The van der Waals surface area contributed by atoms with Crippen molar-refractivity contribution >= 4 is 21.6 Å². The van der Waals surface area contributed by atoms with Gasteiger partial charge in [-0.1, -0.05) is 18.2 Å². The van der Waals surface area contributed by atoms with Crippen LogP contribution in [0.3, 0.4) is 0 Å². The van der Waals surface area contributed by atoms with E-state index >= 15 is 0 Å². The normalized spacial score (nSPS) is 18.8. The first kappa shape index (κ1) is 28.3. The van der Waals surface area contributed by atoms with E-state index in [9.17, 15) is 19.8 Å². The van der Waals surface area contributed by atoms with Crippen LogP contribution in [0.15, 0.2) is 50.7 Å². The number of aryl methyl sites for hydroxylation is 1. The first-order chi connectivity index (χ1) is 19.2. The molecule has 1 saturated carbocycles. The number of aliphatic hydroxyl groups excluding tert-OH is 2. The molecule has 10 nitrogen and oxygen atoms in total. The van der Waals surface area contributed by atoms with Gasteiger partial charge in [0, 0.05) is 5.56 Å². The molecule has 40 heavy (non-hydrogen) atoms. The molecule has 0 unspecified atom stereocenters. The Morgan fingerprint density at radius 2 is 1.93 bits per heavy atom. The fraction of sp³-hybridized carbons (Fsp3) is 0.483. The van der Waals surface area contributed by atoms with Crippen molar-refractivity contribution in [2.24, 2.45) is 0 Å². The molecule has 1 aliphatic rings. The van der Waals surface area contributed by atoms with Gasteiger partial charge in [-0.3, -0.25) is 13.9 Å². The standard InChI is InChI=1S/C29H35N3O7S/c1-17-23-26(35)32(29(2,3)16-33)28(36)31(27(23)40-24(17)25-30-13-14-38-25)15-22(20-7-5-6-8-21(20)37-4)39-19-11-9-18(34)10-12-19/h5-8,13-14,18-19,22,33-34H,9-12,15-16H2,1-4H3/t18-,19+,22-/m0/s1. The Morgan fingerprint density at radius 3 is 2.58 bits per heavy atom. The van der Waals surface area contributed by atoms with Crippen LogP contribution >= 0.6 is 11.3 Å². The Balaban J connectivity index is 1.72. The molecule has 214 valence electrons. The monoisotopic (exact) mass is 569 g/mol. The van der Waals surface area contributed by atoms with E-state index in [0.29, 0.717) is 58.0 Å². The average Bonchev–Trinajstić information content (AvgIpc) is 3.59. The van der Waals surface area contributed by atoms with Gasteiger partial charge in [-0.05, 0) is 58.1 Å². The van der Waals surface area contributed by atoms with E-state index in [2.05, 4.69) is 4.98 Å². The van der Waals surface area contributed by atoms with Crippen LogP contribution in [0.2, 0.25) is 0 Å². The maximum absolute atomic E-state index is 14.1. The van der Waals surface area contributed by atoms with E-state index in [1.165, 1.54) is 23.8 Å². The van der Waals surface area contributed by atoms with Crippen LogP contribution in [0.4, 0.5) is 0 Å². The number of methoxy groups -OCH3 is 1. The lowest BCUT2D eigenvalue weighted by molar-refractivity contribution is -0.0565. The van der Waals surface area contributed by atoms with Crippen LogP contribution in [0, 0.1) is 6.92 Å². The zero-order valence-electron chi connectivity index (χ0n) is 23.1. The molecule has 3 heterocycles. The van der Waals surface area contributed by atoms with Crippen molar-refractivity contribution < 1.29 is 24.1 Å². The minimum atomic E-state index is -1.15. The Morgan fingerprint density at radius 1 is 1.20 bits per heavy atom. The van der Waals surface area contributed by atoms with Gasteiger partial charge in [-0.25, -0.2) is 9.78 Å². The third kappa shape index (κ3) is 5.14. The first-order valence-corrected chi connectivity index (χ1v) is 14.2. The van der Waals surface area contributed by atoms with Gasteiger partial charge in [0.2, 0.25) is 5.89 Å². The van der Waals surface area contributed by atoms with Crippen LogP contribution in [-0.2, 0) is 16.8 Å². The van der Waals surface area contributed by atoms with Gasteiger partial charge >= 0.3 is 5.69 Å². The Kier molecular flexibility index (Phi) is 8.01. The summed E-state index contributed by atoms with van der Waals surface area (Å²) in [6, 6.07) is 7.52. The number of rotatable bonds is 9. The van der Waals surface area contributed by atoms with Crippen LogP contribution in [-0.4, -0.2) is 50.3 Å². The van der Waals surface area contributed by atoms with Crippen LogP contribution in [0.1, 0.15) is 56.8 Å². The van der Waals surface area contributed by atoms with Crippen LogP contribution in [0.5, 0.6) is 5.75 Å². The van der Waals surface area contributed by atoms with Crippen LogP contribution in [0.25, 0.3) is 21.0 Å². The molecule has 0 aliphatic heterocycles. The number of aromatic nitrogens is 3. The van der Waals surface area contributed by atoms with Crippen LogP contribution < -0.4 is 16.0 Å². The predicted octanol–water partition coefficient (Wildman–Crippen LogP) is 3.99. The fourth-order valence-electron chi connectivity index (χ4n) is 5.38. The molecule has 0 saturated heterocycles. The molecular weight excluding hydrogens is 534 g/mol. The second-order valence-corrected chi connectivity index (χ2v) is 11.9. The lowest BCUT2D eigenvalue weighted by atomic mass is 9.94. The number of para-hydroxylation sites is 1. The summed E-state index contributed by atoms with van der Waals surface area (Å²) in [6.45, 7) is 4.82. The predicted molar refractivity (Wildman–Crippen MR) is 152 cm³/mol. The summed E-state index contributed by atoms with van der Waals surface area (Å²) in [5, 5.41) is 20.6. The molecule has 0 bridgehead atoms. The summed E-state index contributed by atoms with van der Waals surface area (Å²) in [4.78, 5) is 33.4. The maximum Gasteiger partial charge on any atom is 0.332 e. The summed E-state index contributed by atoms with van der Waals surface area (Å²) in [5.74, 6) is 0.989. The molecule has 3 aromatic heterocycles. The minimum absolute atomic E-state index is 0.0987. The van der Waals surface area contributed by atoms with E-state index in [1.54, 1.807) is 25.5 Å². The van der Waals surface area contributed by atoms with E-state index in [4.69, 9.17) is 13.9 Å². The highest BCUT2D eigenvalue weighted by atomic mass is 32.1. The second kappa shape index (κ2) is 11.3. The molecule has 0 spiro atoms. The summed E-state index contributed by atoms with van der Waals surface area (Å²) in [6.07, 6.45) is 4.64. The molecule has 0 amide bonds. The fourth-order valence-corrected chi connectivity index (χ4v) is 6.62. The molecule has 1 aromatic carbocycles. The number of fused-ring (bicyclic) bond motifs is 1. The highest BCUT2D eigenvalue weighted by Gasteiger charge is 2.32. The van der Waals surface area contributed by atoms with E-state index in [-0.39, 0.29) is 18.8 Å². The summed E-state index contributed by atoms with van der Waals surface area (Å²) in [7, 11) is 1.59. The highest BCUT2D eigenvalue weighted by molar-refractivity contribution is 7.22. The van der Waals surface area contributed by atoms with Crippen molar-refractivity contribution in [1.29, 1.82) is 0 Å². The lowest BCUT2D eigenvalue weighted by Gasteiger charge is -2.31. The summed E-state index contributed by atoms with van der Waals surface area (Å²) in [5.41, 5.74) is -0.740. The van der Waals surface area contributed by atoms with Gasteiger partial charge < -0.3 is 24.1 Å². The number of benzene rings is 1. The van der Waals surface area contributed by atoms with Crippen molar-refractivity contribution in [3.63, 3.8) is 0 Å².